The van der Waals surface area contributed by atoms with Gasteiger partial charge in [0.1, 0.15) is 12.3 Å². The molecule has 2 aromatic carbocycles. The zero-order chi connectivity index (χ0) is 19.5. The van der Waals surface area contributed by atoms with Crippen LogP contribution in [0.1, 0.15) is 5.69 Å². The third kappa shape index (κ3) is 4.18. The lowest BCUT2D eigenvalue weighted by atomic mass is 10.1. The molecule has 0 bridgehead atoms. The summed E-state index contributed by atoms with van der Waals surface area (Å²) in [5, 5.41) is 2.73. The van der Waals surface area contributed by atoms with Gasteiger partial charge in [-0.1, -0.05) is 41.9 Å². The van der Waals surface area contributed by atoms with Crippen molar-refractivity contribution in [1.29, 1.82) is 0 Å². The average molecular weight is 411 g/mol. The van der Waals surface area contributed by atoms with E-state index < -0.39 is 0 Å². The zero-order valence-electron chi connectivity index (χ0n) is 14.7. The van der Waals surface area contributed by atoms with Crippen molar-refractivity contribution in [1.82, 2.24) is 9.38 Å². The third-order valence-corrected chi connectivity index (χ3v) is 5.33. The number of esters is 1. The smallest absolute Gasteiger partial charge is 0.316 e. The van der Waals surface area contributed by atoms with Gasteiger partial charge in [0.2, 0.25) is 0 Å². The molecule has 0 saturated carbocycles. The first kappa shape index (κ1) is 18.5. The molecule has 0 aliphatic carbocycles. The van der Waals surface area contributed by atoms with Gasteiger partial charge in [-0.15, -0.1) is 11.8 Å². The summed E-state index contributed by atoms with van der Waals surface area (Å²) < 4.78 is 6.62. The Kier molecular flexibility index (Phi) is 5.32. The Morgan fingerprint density at radius 3 is 2.75 bits per heavy atom. The topological polar surface area (TPSA) is 60.7 Å². The molecule has 28 heavy (non-hydrogen) atoms. The molecule has 4 rings (SSSR count). The van der Waals surface area contributed by atoms with Crippen molar-refractivity contribution in [3.8, 4) is 0 Å². The van der Waals surface area contributed by atoms with Crippen LogP contribution < -0.4 is 5.56 Å². The molecule has 0 N–H and O–H groups in total. The highest BCUT2D eigenvalue weighted by Crippen LogP contribution is 2.23. The van der Waals surface area contributed by atoms with Gasteiger partial charge in [0, 0.05) is 17.2 Å². The maximum absolute atomic E-state index is 12.1. The molecule has 140 valence electrons. The Morgan fingerprint density at radius 2 is 1.89 bits per heavy atom. The lowest BCUT2D eigenvalue weighted by Gasteiger charge is -2.07. The summed E-state index contributed by atoms with van der Waals surface area (Å²) in [6.07, 6.45) is 1.50. The first-order valence-corrected chi connectivity index (χ1v) is 9.90. The molecular formula is C21H15ClN2O3S. The van der Waals surface area contributed by atoms with E-state index in [9.17, 15) is 9.59 Å². The summed E-state index contributed by atoms with van der Waals surface area (Å²) in [6.45, 7) is -0.0501. The molecule has 0 fully saturated rings. The Balaban J connectivity index is 1.38. The Bertz CT molecular complexity index is 1240. The number of halogens is 1. The summed E-state index contributed by atoms with van der Waals surface area (Å²) in [4.78, 5) is 29.5. The Labute approximate surface area is 169 Å². The van der Waals surface area contributed by atoms with Gasteiger partial charge in [0.15, 0.2) is 0 Å². The van der Waals surface area contributed by atoms with Gasteiger partial charge in [0.05, 0.1) is 16.5 Å². The van der Waals surface area contributed by atoms with E-state index in [-0.39, 0.29) is 23.9 Å². The predicted molar refractivity (Wildman–Crippen MR) is 111 cm³/mol. The van der Waals surface area contributed by atoms with E-state index in [0.717, 1.165) is 15.7 Å². The molecule has 0 radical (unpaired) electrons. The number of rotatable bonds is 5. The van der Waals surface area contributed by atoms with Crippen molar-refractivity contribution < 1.29 is 9.53 Å². The van der Waals surface area contributed by atoms with Gasteiger partial charge in [-0.2, -0.15) is 0 Å². The molecule has 0 atom stereocenters. The van der Waals surface area contributed by atoms with E-state index in [4.69, 9.17) is 16.3 Å². The molecule has 2 heterocycles. The minimum atomic E-state index is -0.365. The fraction of sp³-hybridized carbons (Fsp3) is 0.0952. The normalized spacial score (nSPS) is 11.0. The lowest BCUT2D eigenvalue weighted by Crippen LogP contribution is -2.17. The monoisotopic (exact) mass is 410 g/mol. The maximum atomic E-state index is 12.1. The Morgan fingerprint density at radius 1 is 1.07 bits per heavy atom. The van der Waals surface area contributed by atoms with E-state index in [1.165, 1.54) is 28.4 Å². The van der Waals surface area contributed by atoms with E-state index in [1.54, 1.807) is 12.1 Å². The predicted octanol–water partition coefficient (Wildman–Crippen LogP) is 4.34. The molecular weight excluding hydrogens is 396 g/mol. The van der Waals surface area contributed by atoms with E-state index in [2.05, 4.69) is 4.98 Å². The van der Waals surface area contributed by atoms with Crippen molar-refractivity contribution in [2.24, 2.45) is 0 Å². The van der Waals surface area contributed by atoms with Crippen molar-refractivity contribution in [3.05, 3.63) is 87.9 Å². The molecule has 5 nitrogen and oxygen atoms in total. The van der Waals surface area contributed by atoms with E-state index >= 15 is 0 Å². The maximum Gasteiger partial charge on any atom is 0.316 e. The van der Waals surface area contributed by atoms with Crippen LogP contribution in [-0.2, 0) is 16.1 Å². The lowest BCUT2D eigenvalue weighted by molar-refractivity contribution is -0.141. The second-order valence-corrected chi connectivity index (χ2v) is 7.60. The molecule has 0 saturated heterocycles. The number of pyridine rings is 1. The number of carbonyl (C=O) groups is 1. The third-order valence-electron chi connectivity index (χ3n) is 4.14. The number of hydrogen-bond donors (Lipinski definition) is 0. The molecule has 0 unspecified atom stereocenters. The number of nitrogens with zero attached hydrogens (tertiary/aromatic N) is 2. The first-order chi connectivity index (χ1) is 13.6. The zero-order valence-corrected chi connectivity index (χ0v) is 16.2. The highest BCUT2D eigenvalue weighted by Gasteiger charge is 2.08. The van der Waals surface area contributed by atoms with Crippen LogP contribution >= 0.6 is 23.4 Å². The molecule has 7 heteroatoms. The highest BCUT2D eigenvalue weighted by molar-refractivity contribution is 8.00. The van der Waals surface area contributed by atoms with Crippen LogP contribution in [0.25, 0.3) is 16.4 Å². The van der Waals surface area contributed by atoms with Crippen LogP contribution in [0.15, 0.2) is 76.6 Å². The van der Waals surface area contributed by atoms with Crippen molar-refractivity contribution in [3.63, 3.8) is 0 Å². The summed E-state index contributed by atoms with van der Waals surface area (Å²) in [7, 11) is 0. The first-order valence-electron chi connectivity index (χ1n) is 8.53. The summed E-state index contributed by atoms with van der Waals surface area (Å²) in [6, 6.07) is 18.8. The van der Waals surface area contributed by atoms with Crippen LogP contribution in [0.4, 0.5) is 0 Å². The largest absolute Gasteiger partial charge is 0.459 e. The van der Waals surface area contributed by atoms with Crippen LogP contribution in [0.5, 0.6) is 0 Å². The SMILES string of the molecule is O=C(CSc1ccc2ccccc2c1)OCc1cc(=O)n2cc(Cl)ccc2n1. The summed E-state index contributed by atoms with van der Waals surface area (Å²) in [5.74, 6) is -0.184. The Hall–Kier alpha value is -2.83. The minimum absolute atomic E-state index is 0.0501. The van der Waals surface area contributed by atoms with Gasteiger partial charge < -0.3 is 4.74 Å². The van der Waals surface area contributed by atoms with Gasteiger partial charge in [0.25, 0.3) is 5.56 Å². The van der Waals surface area contributed by atoms with Gasteiger partial charge >= 0.3 is 5.97 Å². The fourth-order valence-corrected chi connectivity index (χ4v) is 3.70. The average Bonchev–Trinajstić information content (AvgIpc) is 2.71. The number of fused-ring (bicyclic) bond motifs is 2. The van der Waals surface area contributed by atoms with Crippen molar-refractivity contribution >= 4 is 45.8 Å². The second-order valence-electron chi connectivity index (χ2n) is 6.12. The van der Waals surface area contributed by atoms with Crippen molar-refractivity contribution in [2.45, 2.75) is 11.5 Å². The minimum Gasteiger partial charge on any atom is -0.459 e. The van der Waals surface area contributed by atoms with Gasteiger partial charge in [-0.05, 0) is 35.0 Å². The van der Waals surface area contributed by atoms with E-state index in [0.29, 0.717) is 16.4 Å². The van der Waals surface area contributed by atoms with Crippen LogP contribution in [0.2, 0.25) is 5.02 Å². The summed E-state index contributed by atoms with van der Waals surface area (Å²) >= 11 is 7.30. The molecule has 4 aromatic rings. The number of carbonyl (C=O) groups excluding carboxylic acids is 1. The number of ether oxygens (including phenoxy) is 1. The van der Waals surface area contributed by atoms with Crippen LogP contribution in [0, 0.1) is 0 Å². The second kappa shape index (κ2) is 8.04. The number of aromatic nitrogens is 2. The molecule has 0 spiro atoms. The fourth-order valence-electron chi connectivity index (χ4n) is 2.80. The van der Waals surface area contributed by atoms with Crippen LogP contribution in [0.3, 0.4) is 0 Å². The summed E-state index contributed by atoms with van der Waals surface area (Å²) in [5.41, 5.74) is 0.578. The molecule has 2 aromatic heterocycles. The number of hydrogen-bond acceptors (Lipinski definition) is 5. The van der Waals surface area contributed by atoms with Crippen molar-refractivity contribution in [2.75, 3.05) is 5.75 Å². The molecule has 0 aliphatic rings. The van der Waals surface area contributed by atoms with E-state index in [1.807, 2.05) is 42.5 Å². The van der Waals surface area contributed by atoms with Gasteiger partial charge in [-0.25, -0.2) is 4.98 Å². The standard InChI is InChI=1S/C21H15ClN2O3S/c22-16-6-8-19-23-17(10-20(25)24(19)11-16)12-27-21(26)13-28-18-7-5-14-3-1-2-4-15(14)9-18/h1-11H,12-13H2. The highest BCUT2D eigenvalue weighted by atomic mass is 35.5. The number of benzene rings is 2. The molecule has 0 aliphatic heterocycles. The van der Waals surface area contributed by atoms with Crippen LogP contribution in [-0.4, -0.2) is 21.1 Å². The number of thioether (sulfide) groups is 1. The van der Waals surface area contributed by atoms with Gasteiger partial charge in [-0.3, -0.25) is 14.0 Å². The molecule has 0 amide bonds. The quantitative estimate of drug-likeness (QED) is 0.362.